The van der Waals surface area contributed by atoms with E-state index in [0.717, 1.165) is 0 Å². The Hall–Kier alpha value is -0.660. The molecule has 0 aromatic heterocycles. The van der Waals surface area contributed by atoms with Crippen molar-refractivity contribution in [1.82, 2.24) is 4.90 Å². The van der Waals surface area contributed by atoms with Crippen molar-refractivity contribution in [1.29, 1.82) is 0 Å². The van der Waals surface area contributed by atoms with Crippen LogP contribution in [0.5, 0.6) is 0 Å². The van der Waals surface area contributed by atoms with Crippen LogP contribution in [0.3, 0.4) is 0 Å². The molecule has 0 amide bonds. The lowest BCUT2D eigenvalue weighted by Gasteiger charge is -2.28. The number of hydrogen-bond acceptors (Lipinski definition) is 6. The Labute approximate surface area is 101 Å². The lowest BCUT2D eigenvalue weighted by molar-refractivity contribution is -0.162. The molecule has 1 heterocycles. The highest BCUT2D eigenvalue weighted by Crippen LogP contribution is 2.12. The maximum Gasteiger partial charge on any atom is 0.338 e. The second kappa shape index (κ2) is 5.32. The molecular formula is C10H19NO5S. The molecule has 0 aliphatic carbocycles. The Morgan fingerprint density at radius 1 is 1.41 bits per heavy atom. The zero-order valence-electron chi connectivity index (χ0n) is 10.2. The fraction of sp³-hybridized carbons (Fsp3) is 0.900. The van der Waals surface area contributed by atoms with Gasteiger partial charge >= 0.3 is 5.97 Å². The van der Waals surface area contributed by atoms with E-state index in [1.54, 1.807) is 4.90 Å². The summed E-state index contributed by atoms with van der Waals surface area (Å²) in [6.07, 6.45) is 0.527. The van der Waals surface area contributed by atoms with Crippen molar-refractivity contribution in [3.05, 3.63) is 0 Å². The van der Waals surface area contributed by atoms with Crippen LogP contribution in [0.2, 0.25) is 0 Å². The van der Waals surface area contributed by atoms with E-state index < -0.39 is 21.4 Å². The van der Waals surface area contributed by atoms with Gasteiger partial charge in [0.05, 0.1) is 18.6 Å². The van der Waals surface area contributed by atoms with Crippen LogP contribution in [0.1, 0.15) is 13.3 Å². The summed E-state index contributed by atoms with van der Waals surface area (Å²) in [4.78, 5) is 13.1. The van der Waals surface area contributed by atoms with Crippen LogP contribution < -0.4 is 0 Å². The minimum atomic E-state index is -2.97. The highest BCUT2D eigenvalue weighted by Gasteiger charge is 2.34. The Kier molecular flexibility index (Phi) is 4.51. The lowest BCUT2D eigenvalue weighted by atomic mass is 10.1. The Morgan fingerprint density at radius 3 is 2.65 bits per heavy atom. The summed E-state index contributed by atoms with van der Waals surface area (Å²) < 4.78 is 27.3. The molecule has 0 aromatic carbocycles. The maximum absolute atomic E-state index is 11.4. The number of sulfone groups is 1. The number of aliphatic hydroxyl groups is 1. The van der Waals surface area contributed by atoms with Crippen LogP contribution in [-0.2, 0) is 19.4 Å². The third kappa shape index (κ3) is 4.25. The second-order valence-electron chi connectivity index (χ2n) is 4.55. The van der Waals surface area contributed by atoms with Crippen LogP contribution in [0.25, 0.3) is 0 Å². The van der Waals surface area contributed by atoms with Crippen LogP contribution in [0, 0.1) is 0 Å². The number of methoxy groups -OCH3 is 1. The molecule has 1 rings (SSSR count). The van der Waals surface area contributed by atoms with E-state index in [2.05, 4.69) is 4.74 Å². The first kappa shape index (κ1) is 14.4. The Bertz CT molecular complexity index is 376. The van der Waals surface area contributed by atoms with E-state index in [0.29, 0.717) is 19.5 Å². The average Bonchev–Trinajstić information content (AvgIpc) is 2.38. The first-order valence-electron chi connectivity index (χ1n) is 5.50. The molecule has 6 nitrogen and oxygen atoms in total. The van der Waals surface area contributed by atoms with Crippen molar-refractivity contribution in [2.45, 2.75) is 18.9 Å². The van der Waals surface area contributed by atoms with Crippen molar-refractivity contribution in [2.24, 2.45) is 0 Å². The molecule has 1 aliphatic heterocycles. The molecule has 0 aromatic rings. The molecule has 0 spiro atoms. The normalized spacial score (nSPS) is 24.6. The van der Waals surface area contributed by atoms with E-state index in [4.69, 9.17) is 0 Å². The van der Waals surface area contributed by atoms with Gasteiger partial charge in [-0.15, -0.1) is 0 Å². The molecule has 1 fully saturated rings. The van der Waals surface area contributed by atoms with Crippen molar-refractivity contribution in [3.8, 4) is 0 Å². The SMILES string of the molecule is COC(=O)C(C)(O)CN1CCCS(=O)(=O)CC1. The second-order valence-corrected chi connectivity index (χ2v) is 6.85. The van der Waals surface area contributed by atoms with Gasteiger partial charge in [-0.25, -0.2) is 13.2 Å². The van der Waals surface area contributed by atoms with Gasteiger partial charge in [-0.1, -0.05) is 0 Å². The number of esters is 1. The topological polar surface area (TPSA) is 83.9 Å². The third-order valence-electron chi connectivity index (χ3n) is 2.80. The minimum Gasteiger partial charge on any atom is -0.467 e. The Morgan fingerprint density at radius 2 is 2.06 bits per heavy atom. The van der Waals surface area contributed by atoms with Crippen LogP contribution in [0.15, 0.2) is 0 Å². The number of nitrogens with zero attached hydrogens (tertiary/aromatic N) is 1. The zero-order chi connectivity index (χ0) is 13.1. The molecule has 100 valence electrons. The summed E-state index contributed by atoms with van der Waals surface area (Å²) in [5, 5.41) is 9.89. The summed E-state index contributed by atoms with van der Waals surface area (Å²) in [7, 11) is -1.76. The monoisotopic (exact) mass is 265 g/mol. The molecule has 17 heavy (non-hydrogen) atoms. The molecule has 0 radical (unpaired) electrons. The van der Waals surface area contributed by atoms with Crippen molar-refractivity contribution in [3.63, 3.8) is 0 Å². The average molecular weight is 265 g/mol. The number of rotatable bonds is 3. The van der Waals surface area contributed by atoms with Gasteiger partial charge in [-0.05, 0) is 19.9 Å². The van der Waals surface area contributed by atoms with Gasteiger partial charge in [0.1, 0.15) is 0 Å². The summed E-state index contributed by atoms with van der Waals surface area (Å²) in [6.45, 7) is 2.37. The predicted octanol–water partition coefficient (Wildman–Crippen LogP) is -0.969. The Balaban J connectivity index is 2.61. The quantitative estimate of drug-likeness (QED) is 0.661. The zero-order valence-corrected chi connectivity index (χ0v) is 11.0. The first-order chi connectivity index (χ1) is 7.77. The predicted molar refractivity (Wildman–Crippen MR) is 62.4 cm³/mol. The number of β-amino-alcohol motifs (C(OH)–C–C–N with tert-alkyl or cyclic N) is 1. The molecule has 1 atom stereocenters. The van der Waals surface area contributed by atoms with Crippen molar-refractivity contribution < 1.29 is 23.1 Å². The van der Waals surface area contributed by atoms with E-state index in [1.807, 2.05) is 0 Å². The molecule has 0 saturated carbocycles. The number of carbonyl (C=O) groups excluding carboxylic acids is 1. The summed E-state index contributed by atoms with van der Waals surface area (Å²) in [5.74, 6) is -0.460. The fourth-order valence-corrected chi connectivity index (χ4v) is 3.18. The molecule has 1 saturated heterocycles. The maximum atomic E-state index is 11.4. The first-order valence-corrected chi connectivity index (χ1v) is 7.32. The van der Waals surface area contributed by atoms with Gasteiger partial charge in [0.15, 0.2) is 15.4 Å². The van der Waals surface area contributed by atoms with Gasteiger partial charge in [0.2, 0.25) is 0 Å². The fourth-order valence-electron chi connectivity index (χ4n) is 1.87. The highest BCUT2D eigenvalue weighted by atomic mass is 32.2. The van der Waals surface area contributed by atoms with Gasteiger partial charge in [-0.2, -0.15) is 0 Å². The largest absolute Gasteiger partial charge is 0.467 e. The van der Waals surface area contributed by atoms with E-state index in [9.17, 15) is 18.3 Å². The number of carbonyl (C=O) groups is 1. The molecular weight excluding hydrogens is 246 g/mol. The number of hydrogen-bond donors (Lipinski definition) is 1. The van der Waals surface area contributed by atoms with Gasteiger partial charge in [-0.3, -0.25) is 4.90 Å². The molecule has 7 heteroatoms. The van der Waals surface area contributed by atoms with E-state index in [-0.39, 0.29) is 18.1 Å². The smallest absolute Gasteiger partial charge is 0.338 e. The van der Waals surface area contributed by atoms with Gasteiger partial charge in [0, 0.05) is 13.1 Å². The highest BCUT2D eigenvalue weighted by molar-refractivity contribution is 7.91. The van der Waals surface area contributed by atoms with Crippen LogP contribution in [-0.4, -0.2) is 68.2 Å². The number of ether oxygens (including phenoxy) is 1. The summed E-state index contributed by atoms with van der Waals surface area (Å²) in [6, 6.07) is 0. The molecule has 0 bridgehead atoms. The molecule has 1 unspecified atom stereocenters. The van der Waals surface area contributed by atoms with Gasteiger partial charge < -0.3 is 9.84 Å². The molecule has 1 N–H and O–H groups in total. The van der Waals surface area contributed by atoms with E-state index in [1.165, 1.54) is 14.0 Å². The van der Waals surface area contributed by atoms with Crippen LogP contribution in [0.4, 0.5) is 0 Å². The van der Waals surface area contributed by atoms with Crippen molar-refractivity contribution >= 4 is 15.8 Å². The lowest BCUT2D eigenvalue weighted by Crippen LogP contribution is -2.48. The van der Waals surface area contributed by atoms with E-state index >= 15 is 0 Å². The molecule has 1 aliphatic rings. The van der Waals surface area contributed by atoms with Crippen molar-refractivity contribution in [2.75, 3.05) is 38.2 Å². The summed E-state index contributed by atoms with van der Waals surface area (Å²) in [5.41, 5.74) is -1.59. The van der Waals surface area contributed by atoms with Crippen LogP contribution >= 0.6 is 0 Å². The van der Waals surface area contributed by atoms with Gasteiger partial charge in [0.25, 0.3) is 0 Å². The minimum absolute atomic E-state index is 0.0737. The summed E-state index contributed by atoms with van der Waals surface area (Å²) >= 11 is 0. The third-order valence-corrected chi connectivity index (χ3v) is 4.52. The standard InChI is InChI=1S/C10H19NO5S/c1-10(13,9(12)16-2)8-11-4-3-6-17(14,15)7-5-11/h13H,3-8H2,1-2H3.